The number of aromatic nitrogens is 1. The molecule has 0 aliphatic carbocycles. The molecule has 1 N–H and O–H groups in total. The Balaban J connectivity index is 2.07. The fourth-order valence-electron chi connectivity index (χ4n) is 2.91. The molecule has 0 radical (unpaired) electrons. The molecule has 1 aromatic heterocycles. The molecule has 9 nitrogen and oxygen atoms in total. The van der Waals surface area contributed by atoms with Crippen LogP contribution in [0, 0.1) is 10.1 Å². The van der Waals surface area contributed by atoms with Crippen molar-refractivity contribution in [2.45, 2.75) is 6.36 Å². The SMILES string of the molecule is CN(C)CCNC(=O)c1nc(-c2cccc(OC(F)(F)F)c2)oc1-c1ccccc1[N+](=O)[O-]. The first-order valence-electron chi connectivity index (χ1n) is 9.59. The van der Waals surface area contributed by atoms with Crippen molar-refractivity contribution >= 4 is 11.6 Å². The Morgan fingerprint density at radius 3 is 2.61 bits per heavy atom. The van der Waals surface area contributed by atoms with Crippen molar-refractivity contribution in [3.8, 4) is 28.5 Å². The van der Waals surface area contributed by atoms with E-state index in [4.69, 9.17) is 4.42 Å². The number of nitrogens with zero attached hydrogens (tertiary/aromatic N) is 3. The Morgan fingerprint density at radius 2 is 1.94 bits per heavy atom. The van der Waals surface area contributed by atoms with Crippen LogP contribution < -0.4 is 10.1 Å². The van der Waals surface area contributed by atoms with Crippen LogP contribution in [0.3, 0.4) is 0 Å². The topological polar surface area (TPSA) is 111 Å². The molecule has 1 heterocycles. The number of rotatable bonds is 8. The van der Waals surface area contributed by atoms with E-state index in [0.29, 0.717) is 6.54 Å². The maximum absolute atomic E-state index is 12.8. The fourth-order valence-corrected chi connectivity index (χ4v) is 2.91. The van der Waals surface area contributed by atoms with Crippen molar-refractivity contribution in [1.82, 2.24) is 15.2 Å². The van der Waals surface area contributed by atoms with E-state index in [1.165, 1.54) is 36.4 Å². The van der Waals surface area contributed by atoms with Crippen LogP contribution >= 0.6 is 0 Å². The Hall–Kier alpha value is -3.93. The monoisotopic (exact) mass is 464 g/mol. The van der Waals surface area contributed by atoms with Gasteiger partial charge in [-0.1, -0.05) is 18.2 Å². The number of nitro groups is 1. The van der Waals surface area contributed by atoms with E-state index >= 15 is 0 Å². The number of nitro benzene ring substituents is 1. The van der Waals surface area contributed by atoms with Crippen molar-refractivity contribution in [2.75, 3.05) is 27.2 Å². The smallest absolute Gasteiger partial charge is 0.435 e. The van der Waals surface area contributed by atoms with E-state index in [2.05, 4.69) is 15.0 Å². The lowest BCUT2D eigenvalue weighted by Gasteiger charge is -2.09. The number of alkyl halides is 3. The Labute approximate surface area is 185 Å². The number of oxazole rings is 1. The summed E-state index contributed by atoms with van der Waals surface area (Å²) in [5.74, 6) is -1.54. The number of para-hydroxylation sites is 1. The zero-order valence-corrected chi connectivity index (χ0v) is 17.5. The average Bonchev–Trinajstić information content (AvgIpc) is 3.18. The molecular formula is C21H19F3N4O5. The van der Waals surface area contributed by atoms with Gasteiger partial charge in [-0.3, -0.25) is 14.9 Å². The van der Waals surface area contributed by atoms with Crippen LogP contribution in [0.15, 0.2) is 52.9 Å². The van der Waals surface area contributed by atoms with Crippen molar-refractivity contribution in [3.05, 3.63) is 64.3 Å². The zero-order valence-electron chi connectivity index (χ0n) is 17.5. The maximum atomic E-state index is 12.8. The zero-order chi connectivity index (χ0) is 24.2. The summed E-state index contributed by atoms with van der Waals surface area (Å²) in [6, 6.07) is 10.4. The van der Waals surface area contributed by atoms with Gasteiger partial charge in [-0.05, 0) is 38.4 Å². The average molecular weight is 464 g/mol. The van der Waals surface area contributed by atoms with E-state index < -0.39 is 22.9 Å². The third kappa shape index (κ3) is 6.07. The van der Waals surface area contributed by atoms with E-state index in [-0.39, 0.29) is 40.7 Å². The highest BCUT2D eigenvalue weighted by molar-refractivity contribution is 5.99. The second-order valence-corrected chi connectivity index (χ2v) is 7.11. The molecule has 0 fully saturated rings. The molecule has 1 amide bonds. The van der Waals surface area contributed by atoms with E-state index in [9.17, 15) is 28.1 Å². The van der Waals surface area contributed by atoms with Gasteiger partial charge in [0.05, 0.1) is 10.5 Å². The van der Waals surface area contributed by atoms with E-state index in [1.54, 1.807) is 0 Å². The molecule has 2 aromatic carbocycles. The minimum Gasteiger partial charge on any atom is -0.435 e. The minimum atomic E-state index is -4.90. The number of halogens is 3. The summed E-state index contributed by atoms with van der Waals surface area (Å²) in [6.07, 6.45) is -4.90. The van der Waals surface area contributed by atoms with Crippen LogP contribution in [0.4, 0.5) is 18.9 Å². The highest BCUT2D eigenvalue weighted by Crippen LogP contribution is 2.36. The Morgan fingerprint density at radius 1 is 1.21 bits per heavy atom. The number of ether oxygens (including phenoxy) is 1. The molecule has 0 bridgehead atoms. The molecule has 174 valence electrons. The molecule has 0 atom stereocenters. The first-order chi connectivity index (χ1) is 15.5. The Kier molecular flexibility index (Phi) is 6.97. The van der Waals surface area contributed by atoms with Crippen LogP contribution in [0.1, 0.15) is 10.5 Å². The lowest BCUT2D eigenvalue weighted by atomic mass is 10.1. The summed E-state index contributed by atoms with van der Waals surface area (Å²) in [5, 5.41) is 14.1. The van der Waals surface area contributed by atoms with Crippen molar-refractivity contribution in [2.24, 2.45) is 0 Å². The second-order valence-electron chi connectivity index (χ2n) is 7.11. The first-order valence-corrected chi connectivity index (χ1v) is 9.59. The van der Waals surface area contributed by atoms with Crippen LogP contribution in [0.5, 0.6) is 5.75 Å². The molecule has 12 heteroatoms. The van der Waals surface area contributed by atoms with Crippen LogP contribution in [-0.2, 0) is 0 Å². The predicted octanol–water partition coefficient (Wildman–Crippen LogP) is 4.11. The standard InChI is InChI=1S/C21H19F3N4O5/c1-27(2)11-10-25-19(29)17-18(15-8-3-4-9-16(15)28(30)31)32-20(26-17)13-6-5-7-14(12-13)33-21(22,23)24/h3-9,12H,10-11H2,1-2H3,(H,25,29). The summed E-state index contributed by atoms with van der Waals surface area (Å²) in [5.41, 5.74) is -0.470. The van der Waals surface area contributed by atoms with Gasteiger partial charge in [-0.15, -0.1) is 13.2 Å². The van der Waals surface area contributed by atoms with E-state index in [1.807, 2.05) is 19.0 Å². The third-order valence-electron chi connectivity index (χ3n) is 4.35. The summed E-state index contributed by atoms with van der Waals surface area (Å²) in [4.78, 5) is 29.6. The molecule has 0 saturated carbocycles. The molecule has 0 saturated heterocycles. The largest absolute Gasteiger partial charge is 0.573 e. The van der Waals surface area contributed by atoms with Gasteiger partial charge in [-0.25, -0.2) is 4.98 Å². The number of likely N-dealkylation sites (N-methyl/N-ethyl adjacent to an activating group) is 1. The summed E-state index contributed by atoms with van der Waals surface area (Å²) in [7, 11) is 3.63. The number of amides is 1. The lowest BCUT2D eigenvalue weighted by Crippen LogP contribution is -2.31. The van der Waals surface area contributed by atoms with Gasteiger partial charge >= 0.3 is 6.36 Å². The van der Waals surface area contributed by atoms with Crippen LogP contribution in [-0.4, -0.2) is 54.3 Å². The Bertz CT molecular complexity index is 1160. The predicted molar refractivity (Wildman–Crippen MR) is 112 cm³/mol. The second kappa shape index (κ2) is 9.69. The molecule has 3 rings (SSSR count). The van der Waals surface area contributed by atoms with Crippen LogP contribution in [0.2, 0.25) is 0 Å². The molecule has 0 spiro atoms. The fraction of sp³-hybridized carbons (Fsp3) is 0.238. The normalized spacial score (nSPS) is 11.5. The van der Waals surface area contributed by atoms with Gasteiger partial charge in [-0.2, -0.15) is 0 Å². The van der Waals surface area contributed by atoms with Crippen molar-refractivity contribution in [1.29, 1.82) is 0 Å². The molecule has 33 heavy (non-hydrogen) atoms. The van der Waals surface area contributed by atoms with E-state index in [0.717, 1.165) is 12.1 Å². The van der Waals surface area contributed by atoms with Crippen molar-refractivity contribution in [3.63, 3.8) is 0 Å². The minimum absolute atomic E-state index is 0.00158. The lowest BCUT2D eigenvalue weighted by molar-refractivity contribution is -0.384. The highest BCUT2D eigenvalue weighted by atomic mass is 19.4. The number of benzene rings is 2. The first kappa shape index (κ1) is 23.7. The number of carbonyl (C=O) groups excluding carboxylic acids is 1. The van der Waals surface area contributed by atoms with Gasteiger partial charge in [0.25, 0.3) is 11.6 Å². The summed E-state index contributed by atoms with van der Waals surface area (Å²) >= 11 is 0. The van der Waals surface area contributed by atoms with Gasteiger partial charge in [0, 0.05) is 24.7 Å². The summed E-state index contributed by atoms with van der Waals surface area (Å²) in [6.45, 7) is 0.785. The van der Waals surface area contributed by atoms with Gasteiger partial charge in [0.2, 0.25) is 5.89 Å². The molecule has 3 aromatic rings. The number of nitrogens with one attached hydrogen (secondary N) is 1. The third-order valence-corrected chi connectivity index (χ3v) is 4.35. The number of hydrogen-bond acceptors (Lipinski definition) is 7. The maximum Gasteiger partial charge on any atom is 0.573 e. The van der Waals surface area contributed by atoms with Gasteiger partial charge in [0.15, 0.2) is 11.5 Å². The highest BCUT2D eigenvalue weighted by Gasteiger charge is 2.32. The molecule has 0 aliphatic heterocycles. The number of carbonyl (C=O) groups is 1. The molecular weight excluding hydrogens is 445 g/mol. The van der Waals surface area contributed by atoms with Gasteiger partial charge in [0.1, 0.15) is 5.75 Å². The summed E-state index contributed by atoms with van der Waals surface area (Å²) < 4.78 is 47.4. The quantitative estimate of drug-likeness (QED) is 0.395. The van der Waals surface area contributed by atoms with Gasteiger partial charge < -0.3 is 19.4 Å². The molecule has 0 aliphatic rings. The molecule has 0 unspecified atom stereocenters. The number of hydrogen-bond donors (Lipinski definition) is 1. The van der Waals surface area contributed by atoms with Crippen molar-refractivity contribution < 1.29 is 32.0 Å². The van der Waals surface area contributed by atoms with Crippen LogP contribution in [0.25, 0.3) is 22.8 Å².